The van der Waals surface area contributed by atoms with Crippen molar-refractivity contribution in [3.8, 4) is 0 Å². The van der Waals surface area contributed by atoms with Crippen LogP contribution in [0.25, 0.3) is 6.08 Å². The SMILES string of the molecule is Cc1ccc(/C=C2/SC(=O)N(Cc3ccc(Cl)cc3Cl)C2=O)o1. The first-order chi connectivity index (χ1) is 10.9. The van der Waals surface area contributed by atoms with Gasteiger partial charge in [-0.3, -0.25) is 14.5 Å². The van der Waals surface area contributed by atoms with E-state index in [-0.39, 0.29) is 17.7 Å². The van der Waals surface area contributed by atoms with Gasteiger partial charge >= 0.3 is 0 Å². The Hall–Kier alpha value is -1.69. The van der Waals surface area contributed by atoms with Crippen LogP contribution in [0.4, 0.5) is 4.79 Å². The molecule has 2 heterocycles. The van der Waals surface area contributed by atoms with E-state index in [1.54, 1.807) is 36.4 Å². The second-order valence-corrected chi connectivity index (χ2v) is 6.79. The van der Waals surface area contributed by atoms with Crippen LogP contribution in [0.5, 0.6) is 0 Å². The Morgan fingerprint density at radius 2 is 2.00 bits per heavy atom. The third-order valence-corrected chi connectivity index (χ3v) is 4.75. The highest BCUT2D eigenvalue weighted by Gasteiger charge is 2.35. The summed E-state index contributed by atoms with van der Waals surface area (Å²) in [5, 5.41) is 0.582. The zero-order valence-electron chi connectivity index (χ0n) is 12.0. The summed E-state index contributed by atoms with van der Waals surface area (Å²) in [6.45, 7) is 1.92. The molecule has 2 amide bonds. The average Bonchev–Trinajstić information content (AvgIpc) is 3.00. The molecule has 0 bridgehead atoms. The summed E-state index contributed by atoms with van der Waals surface area (Å²) < 4.78 is 5.41. The molecule has 0 saturated carbocycles. The monoisotopic (exact) mass is 367 g/mol. The van der Waals surface area contributed by atoms with Gasteiger partial charge in [0.15, 0.2) is 0 Å². The van der Waals surface area contributed by atoms with E-state index in [4.69, 9.17) is 27.6 Å². The van der Waals surface area contributed by atoms with Gasteiger partial charge in [0, 0.05) is 16.1 Å². The van der Waals surface area contributed by atoms with Gasteiger partial charge < -0.3 is 4.42 Å². The topological polar surface area (TPSA) is 50.5 Å². The van der Waals surface area contributed by atoms with E-state index in [0.717, 1.165) is 22.4 Å². The molecule has 4 nitrogen and oxygen atoms in total. The maximum atomic E-state index is 12.4. The second-order valence-electron chi connectivity index (χ2n) is 4.95. The Morgan fingerprint density at radius 1 is 1.22 bits per heavy atom. The quantitative estimate of drug-likeness (QED) is 0.705. The molecule has 23 heavy (non-hydrogen) atoms. The van der Waals surface area contributed by atoms with E-state index in [0.29, 0.717) is 26.3 Å². The van der Waals surface area contributed by atoms with Gasteiger partial charge in [0.2, 0.25) is 0 Å². The summed E-state index contributed by atoms with van der Waals surface area (Å²) >= 11 is 12.8. The van der Waals surface area contributed by atoms with E-state index in [1.807, 2.05) is 6.92 Å². The number of rotatable bonds is 3. The molecule has 1 saturated heterocycles. The third-order valence-electron chi connectivity index (χ3n) is 3.25. The number of benzene rings is 1. The molecule has 1 aromatic heterocycles. The number of amides is 2. The minimum absolute atomic E-state index is 0.106. The minimum atomic E-state index is -0.361. The lowest BCUT2D eigenvalue weighted by atomic mass is 10.2. The predicted octanol–water partition coefficient (Wildman–Crippen LogP) is 5.13. The standard InChI is InChI=1S/C16H11Cl2NO3S/c1-9-2-5-12(22-9)7-14-15(20)19(16(21)23-14)8-10-3-4-11(17)6-13(10)18/h2-7H,8H2,1H3/b14-7+. The fourth-order valence-electron chi connectivity index (χ4n) is 2.12. The number of imide groups is 1. The molecule has 1 aliphatic heterocycles. The number of halogens is 2. The van der Waals surface area contributed by atoms with Gasteiger partial charge in [-0.25, -0.2) is 0 Å². The Bertz CT molecular complexity index is 828. The molecule has 0 aliphatic carbocycles. The molecule has 7 heteroatoms. The highest BCUT2D eigenvalue weighted by Crippen LogP contribution is 2.34. The molecule has 0 unspecified atom stereocenters. The molecule has 2 aromatic rings. The molecule has 0 radical (unpaired) electrons. The first-order valence-electron chi connectivity index (χ1n) is 6.70. The van der Waals surface area contributed by atoms with Crippen molar-refractivity contribution in [1.29, 1.82) is 0 Å². The molecule has 0 spiro atoms. The van der Waals surface area contributed by atoms with Crippen LogP contribution in [0.3, 0.4) is 0 Å². The van der Waals surface area contributed by atoms with Crippen molar-refractivity contribution in [1.82, 2.24) is 4.90 Å². The maximum Gasteiger partial charge on any atom is 0.293 e. The molecule has 1 aromatic carbocycles. The summed E-state index contributed by atoms with van der Waals surface area (Å²) in [5.74, 6) is 0.918. The normalized spacial score (nSPS) is 16.7. The highest BCUT2D eigenvalue weighted by atomic mass is 35.5. The van der Waals surface area contributed by atoms with E-state index >= 15 is 0 Å². The summed E-state index contributed by atoms with van der Waals surface area (Å²) in [6, 6.07) is 8.50. The van der Waals surface area contributed by atoms with Gasteiger partial charge in [-0.2, -0.15) is 0 Å². The lowest BCUT2D eigenvalue weighted by molar-refractivity contribution is -0.123. The zero-order valence-corrected chi connectivity index (χ0v) is 14.3. The van der Waals surface area contributed by atoms with Crippen LogP contribution in [-0.4, -0.2) is 16.0 Å². The lowest BCUT2D eigenvalue weighted by Crippen LogP contribution is -2.27. The van der Waals surface area contributed by atoms with E-state index in [2.05, 4.69) is 0 Å². The Labute approximate surface area is 147 Å². The molecule has 0 atom stereocenters. The Kier molecular flexibility index (Phi) is 4.53. The lowest BCUT2D eigenvalue weighted by Gasteiger charge is -2.13. The minimum Gasteiger partial charge on any atom is -0.462 e. The van der Waals surface area contributed by atoms with E-state index in [1.165, 1.54) is 0 Å². The van der Waals surface area contributed by atoms with Crippen LogP contribution in [0, 0.1) is 6.92 Å². The average molecular weight is 368 g/mol. The first-order valence-corrected chi connectivity index (χ1v) is 8.27. The highest BCUT2D eigenvalue weighted by molar-refractivity contribution is 8.18. The van der Waals surface area contributed by atoms with Crippen LogP contribution in [0.2, 0.25) is 10.0 Å². The van der Waals surface area contributed by atoms with E-state index in [9.17, 15) is 9.59 Å². The molecular weight excluding hydrogens is 357 g/mol. The molecule has 1 aliphatic rings. The van der Waals surface area contributed by atoms with Crippen LogP contribution in [-0.2, 0) is 11.3 Å². The van der Waals surface area contributed by atoms with Crippen LogP contribution < -0.4 is 0 Å². The Morgan fingerprint density at radius 3 is 2.65 bits per heavy atom. The van der Waals surface area contributed by atoms with Crippen molar-refractivity contribution in [3.63, 3.8) is 0 Å². The van der Waals surface area contributed by atoms with Crippen LogP contribution in [0.1, 0.15) is 17.1 Å². The van der Waals surface area contributed by atoms with Gasteiger partial charge in [-0.1, -0.05) is 29.3 Å². The summed E-state index contributed by atoms with van der Waals surface area (Å²) in [7, 11) is 0. The number of hydrogen-bond donors (Lipinski definition) is 0. The zero-order chi connectivity index (χ0) is 16.6. The second kappa shape index (κ2) is 6.43. The number of furan rings is 1. The van der Waals surface area contributed by atoms with Crippen molar-refractivity contribution in [2.24, 2.45) is 0 Å². The van der Waals surface area contributed by atoms with Crippen LogP contribution >= 0.6 is 35.0 Å². The van der Waals surface area contributed by atoms with Gasteiger partial charge in [0.05, 0.1) is 11.4 Å². The van der Waals surface area contributed by atoms with Gasteiger partial charge in [0.25, 0.3) is 11.1 Å². The van der Waals surface area contributed by atoms with Gasteiger partial charge in [-0.15, -0.1) is 0 Å². The summed E-state index contributed by atoms with van der Waals surface area (Å²) in [4.78, 5) is 26.0. The van der Waals surface area contributed by atoms with Crippen LogP contribution in [0.15, 0.2) is 39.7 Å². The molecule has 3 rings (SSSR count). The molecule has 1 fully saturated rings. The fraction of sp³-hybridized carbons (Fsp3) is 0.125. The Balaban J connectivity index is 1.82. The number of hydrogen-bond acceptors (Lipinski definition) is 4. The van der Waals surface area contributed by atoms with Crippen molar-refractivity contribution in [2.45, 2.75) is 13.5 Å². The van der Waals surface area contributed by atoms with Gasteiger partial charge in [0.1, 0.15) is 11.5 Å². The fourth-order valence-corrected chi connectivity index (χ4v) is 3.40. The first kappa shape index (κ1) is 16.2. The van der Waals surface area contributed by atoms with Crippen molar-refractivity contribution in [3.05, 3.63) is 62.4 Å². The third kappa shape index (κ3) is 3.47. The number of nitrogens with zero attached hydrogens (tertiary/aromatic N) is 1. The maximum absolute atomic E-state index is 12.4. The summed E-state index contributed by atoms with van der Waals surface area (Å²) in [5.41, 5.74) is 0.661. The number of carbonyl (C=O) groups is 2. The number of aryl methyl sites for hydroxylation is 1. The molecule has 118 valence electrons. The van der Waals surface area contributed by atoms with Crippen molar-refractivity contribution >= 4 is 52.2 Å². The molecule has 0 N–H and O–H groups in total. The smallest absolute Gasteiger partial charge is 0.293 e. The summed E-state index contributed by atoms with van der Waals surface area (Å²) in [6.07, 6.45) is 1.57. The van der Waals surface area contributed by atoms with Crippen molar-refractivity contribution in [2.75, 3.05) is 0 Å². The number of carbonyl (C=O) groups excluding carboxylic acids is 2. The van der Waals surface area contributed by atoms with Gasteiger partial charge in [-0.05, 0) is 48.5 Å². The van der Waals surface area contributed by atoms with Crippen molar-refractivity contribution < 1.29 is 14.0 Å². The van der Waals surface area contributed by atoms with E-state index < -0.39 is 0 Å². The largest absolute Gasteiger partial charge is 0.462 e. The molecular formula is C16H11Cl2NO3S. The predicted molar refractivity (Wildman–Crippen MR) is 91.4 cm³/mol. The number of thioether (sulfide) groups is 1.